The molecule has 0 aliphatic heterocycles. The minimum atomic E-state index is 0.457. The fourth-order valence-corrected chi connectivity index (χ4v) is 3.21. The maximum Gasteiger partial charge on any atom is 0.124 e. The lowest BCUT2D eigenvalue weighted by molar-refractivity contribution is 0.693. The second kappa shape index (κ2) is 5.35. The molecule has 0 radical (unpaired) electrons. The lowest BCUT2D eigenvalue weighted by Crippen LogP contribution is -2.04. The second-order valence-corrected chi connectivity index (χ2v) is 5.93. The molecule has 98 valence electrons. The highest BCUT2D eigenvalue weighted by Gasteiger charge is 2.10. The Bertz CT molecular complexity index is 686. The van der Waals surface area contributed by atoms with Crippen LogP contribution in [0.3, 0.4) is 0 Å². The molecule has 0 saturated heterocycles. The average Bonchev–Trinajstić information content (AvgIpc) is 3.03. The van der Waals surface area contributed by atoms with Crippen LogP contribution in [0, 0.1) is 6.92 Å². The van der Waals surface area contributed by atoms with Crippen LogP contribution < -0.4 is 0 Å². The lowest BCUT2D eigenvalue weighted by Gasteiger charge is -2.07. The number of hydrogen-bond donors (Lipinski definition) is 0. The fraction of sp³-hybridized carbons (Fsp3) is 0.267. The third-order valence-corrected chi connectivity index (χ3v) is 4.44. The third-order valence-electron chi connectivity index (χ3n) is 3.26. The van der Waals surface area contributed by atoms with E-state index < -0.39 is 0 Å². The van der Waals surface area contributed by atoms with Gasteiger partial charge in [-0.3, -0.25) is 0 Å². The van der Waals surface area contributed by atoms with Gasteiger partial charge in [0.05, 0.1) is 16.9 Å². The molecule has 0 N–H and O–H groups in total. The van der Waals surface area contributed by atoms with Gasteiger partial charge in [-0.1, -0.05) is 12.1 Å². The van der Waals surface area contributed by atoms with Crippen molar-refractivity contribution in [3.05, 3.63) is 52.0 Å². The molecule has 0 aliphatic carbocycles. The van der Waals surface area contributed by atoms with Gasteiger partial charge in [-0.2, -0.15) is 0 Å². The van der Waals surface area contributed by atoms with Gasteiger partial charge in [0.2, 0.25) is 0 Å². The molecule has 0 atom stereocenters. The van der Waals surface area contributed by atoms with E-state index in [0.717, 1.165) is 24.3 Å². The van der Waals surface area contributed by atoms with Gasteiger partial charge in [-0.15, -0.1) is 22.9 Å². The van der Waals surface area contributed by atoms with Crippen molar-refractivity contribution >= 4 is 34.0 Å². The minimum Gasteiger partial charge on any atom is -0.327 e. The standard InChI is InChI=1S/C15H15ClN2S/c1-11-4-5-13-14(9-11)18(15(10-16)17-13)7-6-12-3-2-8-19-12/h2-5,8-9H,6-7,10H2,1H3. The first-order valence-corrected chi connectivity index (χ1v) is 7.73. The van der Waals surface area contributed by atoms with Gasteiger partial charge < -0.3 is 4.57 Å². The van der Waals surface area contributed by atoms with Crippen LogP contribution in [0.2, 0.25) is 0 Å². The molecular weight excluding hydrogens is 276 g/mol. The molecule has 0 aliphatic rings. The SMILES string of the molecule is Cc1ccc2nc(CCl)n(CCc3cccs3)c2c1. The number of benzene rings is 1. The highest BCUT2D eigenvalue weighted by molar-refractivity contribution is 7.09. The van der Waals surface area contributed by atoms with E-state index in [1.54, 1.807) is 11.3 Å². The summed E-state index contributed by atoms with van der Waals surface area (Å²) in [7, 11) is 0. The molecule has 19 heavy (non-hydrogen) atoms. The number of nitrogens with zero attached hydrogens (tertiary/aromatic N) is 2. The molecule has 2 nitrogen and oxygen atoms in total. The number of fused-ring (bicyclic) bond motifs is 1. The van der Waals surface area contributed by atoms with Crippen LogP contribution in [-0.2, 0) is 18.8 Å². The Morgan fingerprint density at radius 2 is 2.21 bits per heavy atom. The van der Waals surface area contributed by atoms with Gasteiger partial charge in [0, 0.05) is 11.4 Å². The molecule has 2 heterocycles. The monoisotopic (exact) mass is 290 g/mol. The number of thiophene rings is 1. The molecule has 3 aromatic rings. The highest BCUT2D eigenvalue weighted by Crippen LogP contribution is 2.20. The van der Waals surface area contributed by atoms with Gasteiger partial charge in [0.25, 0.3) is 0 Å². The van der Waals surface area contributed by atoms with Crippen molar-refractivity contribution < 1.29 is 0 Å². The van der Waals surface area contributed by atoms with Crippen LogP contribution in [0.5, 0.6) is 0 Å². The minimum absolute atomic E-state index is 0.457. The van der Waals surface area contributed by atoms with E-state index >= 15 is 0 Å². The Labute approximate surface area is 121 Å². The summed E-state index contributed by atoms with van der Waals surface area (Å²) in [6.45, 7) is 3.04. The van der Waals surface area contributed by atoms with Gasteiger partial charge in [-0.25, -0.2) is 4.98 Å². The Morgan fingerprint density at radius 3 is 2.95 bits per heavy atom. The van der Waals surface area contributed by atoms with E-state index in [9.17, 15) is 0 Å². The molecule has 0 fully saturated rings. The van der Waals surface area contributed by atoms with Crippen LogP contribution in [0.15, 0.2) is 35.7 Å². The molecule has 0 bridgehead atoms. The first kappa shape index (κ1) is 12.7. The second-order valence-electron chi connectivity index (χ2n) is 4.63. The summed E-state index contributed by atoms with van der Waals surface area (Å²) in [5.41, 5.74) is 3.48. The Kier molecular flexibility index (Phi) is 3.58. The van der Waals surface area contributed by atoms with E-state index in [0.29, 0.717) is 5.88 Å². The van der Waals surface area contributed by atoms with Gasteiger partial charge in [0.15, 0.2) is 0 Å². The predicted octanol–water partition coefficient (Wildman–Crippen LogP) is 4.39. The smallest absolute Gasteiger partial charge is 0.124 e. The zero-order valence-corrected chi connectivity index (χ0v) is 12.3. The maximum absolute atomic E-state index is 6.02. The molecule has 3 rings (SSSR count). The molecule has 2 aromatic heterocycles. The topological polar surface area (TPSA) is 17.8 Å². The average molecular weight is 291 g/mol. The van der Waals surface area contributed by atoms with Crippen molar-refractivity contribution in [1.29, 1.82) is 0 Å². The van der Waals surface area contributed by atoms with Crippen LogP contribution in [0.4, 0.5) is 0 Å². The van der Waals surface area contributed by atoms with Gasteiger partial charge in [-0.05, 0) is 42.5 Å². The first-order valence-electron chi connectivity index (χ1n) is 6.32. The third kappa shape index (κ3) is 2.53. The van der Waals surface area contributed by atoms with E-state index in [1.807, 2.05) is 0 Å². The Morgan fingerprint density at radius 1 is 1.32 bits per heavy atom. The maximum atomic E-state index is 6.02. The summed E-state index contributed by atoms with van der Waals surface area (Å²) in [4.78, 5) is 6.00. The van der Waals surface area contributed by atoms with Crippen molar-refractivity contribution in [3.63, 3.8) is 0 Å². The van der Waals surface area contributed by atoms with Crippen molar-refractivity contribution in [2.75, 3.05) is 0 Å². The van der Waals surface area contributed by atoms with Crippen LogP contribution in [-0.4, -0.2) is 9.55 Å². The molecule has 0 amide bonds. The van der Waals surface area contributed by atoms with Crippen molar-refractivity contribution in [1.82, 2.24) is 9.55 Å². The number of alkyl halides is 1. The van der Waals surface area contributed by atoms with E-state index in [1.165, 1.54) is 16.0 Å². The van der Waals surface area contributed by atoms with E-state index in [2.05, 4.69) is 52.2 Å². The first-order chi connectivity index (χ1) is 9.28. The summed E-state index contributed by atoms with van der Waals surface area (Å²) in [6, 6.07) is 10.6. The molecule has 0 unspecified atom stereocenters. The van der Waals surface area contributed by atoms with Crippen molar-refractivity contribution in [2.45, 2.75) is 25.8 Å². The number of aryl methyl sites for hydroxylation is 3. The molecule has 0 spiro atoms. The number of halogens is 1. The summed E-state index contributed by atoms with van der Waals surface area (Å²) >= 11 is 7.82. The lowest BCUT2D eigenvalue weighted by atomic mass is 10.2. The number of hydrogen-bond acceptors (Lipinski definition) is 2. The van der Waals surface area contributed by atoms with Gasteiger partial charge >= 0.3 is 0 Å². The quantitative estimate of drug-likeness (QED) is 0.652. The fourth-order valence-electron chi connectivity index (χ4n) is 2.31. The summed E-state index contributed by atoms with van der Waals surface area (Å²) in [6.07, 6.45) is 1.03. The largest absolute Gasteiger partial charge is 0.327 e. The number of imidazole rings is 1. The predicted molar refractivity (Wildman–Crippen MR) is 82.1 cm³/mol. The zero-order valence-electron chi connectivity index (χ0n) is 10.8. The molecule has 4 heteroatoms. The van der Waals surface area contributed by atoms with Crippen LogP contribution in [0.1, 0.15) is 16.3 Å². The Balaban J connectivity index is 1.97. The zero-order chi connectivity index (χ0) is 13.2. The molecule has 1 aromatic carbocycles. The molecular formula is C15H15ClN2S. The van der Waals surface area contributed by atoms with E-state index in [4.69, 9.17) is 11.6 Å². The van der Waals surface area contributed by atoms with Crippen LogP contribution in [0.25, 0.3) is 11.0 Å². The summed E-state index contributed by atoms with van der Waals surface area (Å²) in [5, 5.41) is 2.12. The number of rotatable bonds is 4. The highest BCUT2D eigenvalue weighted by atomic mass is 35.5. The van der Waals surface area contributed by atoms with E-state index in [-0.39, 0.29) is 0 Å². The Hall–Kier alpha value is -1.32. The van der Waals surface area contributed by atoms with Crippen molar-refractivity contribution in [2.24, 2.45) is 0 Å². The van der Waals surface area contributed by atoms with Crippen LogP contribution >= 0.6 is 22.9 Å². The summed E-state index contributed by atoms with van der Waals surface area (Å²) < 4.78 is 2.25. The number of aromatic nitrogens is 2. The molecule has 0 saturated carbocycles. The van der Waals surface area contributed by atoms with Crippen molar-refractivity contribution in [3.8, 4) is 0 Å². The normalized spacial score (nSPS) is 11.3. The van der Waals surface area contributed by atoms with Gasteiger partial charge in [0.1, 0.15) is 5.82 Å². The summed E-state index contributed by atoms with van der Waals surface area (Å²) in [5.74, 6) is 1.41.